The molecule has 2 heterocycles. The molecule has 3 aromatic rings. The van der Waals surface area contributed by atoms with E-state index in [1.807, 2.05) is 0 Å². The van der Waals surface area contributed by atoms with Crippen LogP contribution in [0.15, 0.2) is 70.7 Å². The van der Waals surface area contributed by atoms with Gasteiger partial charge in [-0.25, -0.2) is 9.59 Å². The Bertz CT molecular complexity index is 1370. The normalized spacial score (nSPS) is 15.0. The summed E-state index contributed by atoms with van der Waals surface area (Å²) in [5, 5.41) is 20.8. The zero-order valence-electron chi connectivity index (χ0n) is 16.6. The van der Waals surface area contributed by atoms with E-state index in [-0.39, 0.29) is 39.0 Å². The fourth-order valence-electron chi connectivity index (χ4n) is 3.27. The van der Waals surface area contributed by atoms with Gasteiger partial charge in [-0.3, -0.25) is 19.8 Å². The summed E-state index contributed by atoms with van der Waals surface area (Å²) in [5.41, 5.74) is 0.191. The zero-order chi connectivity index (χ0) is 23.7. The summed E-state index contributed by atoms with van der Waals surface area (Å²) in [4.78, 5) is 49.3. The Balaban J connectivity index is 1.70. The lowest BCUT2D eigenvalue weighted by Crippen LogP contribution is -2.54. The Labute approximate surface area is 191 Å². The summed E-state index contributed by atoms with van der Waals surface area (Å²) in [6.45, 7) is 0. The van der Waals surface area contributed by atoms with Crippen LogP contribution in [0.2, 0.25) is 0 Å². The quantitative estimate of drug-likeness (QED) is 0.299. The van der Waals surface area contributed by atoms with Gasteiger partial charge in [0.05, 0.1) is 16.8 Å². The van der Waals surface area contributed by atoms with E-state index in [1.54, 1.807) is 18.2 Å². The maximum atomic E-state index is 13.1. The smallest absolute Gasteiger partial charge is 0.336 e. The van der Waals surface area contributed by atoms with Crippen LogP contribution in [-0.4, -0.2) is 39.1 Å². The summed E-state index contributed by atoms with van der Waals surface area (Å²) >= 11 is 5.12. The fraction of sp³-hybridized carbons (Fsp3) is 0. The Morgan fingerprint density at radius 2 is 1.73 bits per heavy atom. The number of nitrogens with one attached hydrogen (secondary N) is 1. The number of carbonyl (C=O) groups excluding carboxylic acids is 2. The van der Waals surface area contributed by atoms with Crippen molar-refractivity contribution in [2.45, 2.75) is 0 Å². The highest BCUT2D eigenvalue weighted by Crippen LogP contribution is 2.28. The topological polar surface area (TPSA) is 137 Å². The molecule has 3 N–H and O–H groups in total. The summed E-state index contributed by atoms with van der Waals surface area (Å²) < 4.78 is 5.68. The first kappa shape index (κ1) is 21.7. The molecule has 1 saturated heterocycles. The Morgan fingerprint density at radius 1 is 0.970 bits per heavy atom. The van der Waals surface area contributed by atoms with Gasteiger partial charge in [0.15, 0.2) is 5.11 Å². The third-order valence-electron chi connectivity index (χ3n) is 4.79. The number of thiocarbonyl (C=S) groups is 1. The second-order valence-electron chi connectivity index (χ2n) is 6.87. The van der Waals surface area contributed by atoms with Crippen LogP contribution in [0.25, 0.3) is 17.4 Å². The zero-order valence-corrected chi connectivity index (χ0v) is 17.5. The lowest BCUT2D eigenvalue weighted by Gasteiger charge is -2.28. The minimum Gasteiger partial charge on any atom is -0.478 e. The molecule has 2 aromatic carbocycles. The van der Waals surface area contributed by atoms with Crippen LogP contribution in [0.1, 0.15) is 26.5 Å². The van der Waals surface area contributed by atoms with Crippen molar-refractivity contribution in [3.8, 4) is 11.3 Å². The van der Waals surface area contributed by atoms with E-state index in [4.69, 9.17) is 16.6 Å². The van der Waals surface area contributed by atoms with Crippen molar-refractivity contribution < 1.29 is 33.8 Å². The predicted octanol–water partition coefficient (Wildman–Crippen LogP) is 3.17. The number of rotatable bonds is 5. The van der Waals surface area contributed by atoms with Gasteiger partial charge < -0.3 is 14.6 Å². The van der Waals surface area contributed by atoms with Crippen LogP contribution in [0.3, 0.4) is 0 Å². The number of carboxylic acid groups (broad SMARTS) is 2. The van der Waals surface area contributed by atoms with Crippen molar-refractivity contribution in [1.82, 2.24) is 5.32 Å². The first-order chi connectivity index (χ1) is 15.8. The van der Waals surface area contributed by atoms with E-state index in [0.29, 0.717) is 5.56 Å². The van der Waals surface area contributed by atoms with Gasteiger partial charge in [0.1, 0.15) is 17.1 Å². The van der Waals surface area contributed by atoms with Crippen LogP contribution >= 0.6 is 12.2 Å². The average Bonchev–Trinajstić information content (AvgIpc) is 3.25. The molecular formula is C23H14N2O7S. The number of hydrogen-bond acceptors (Lipinski definition) is 6. The second-order valence-corrected chi connectivity index (χ2v) is 7.25. The first-order valence-electron chi connectivity index (χ1n) is 9.43. The molecule has 0 atom stereocenters. The van der Waals surface area contributed by atoms with E-state index in [2.05, 4.69) is 5.32 Å². The molecule has 1 aliphatic rings. The van der Waals surface area contributed by atoms with E-state index >= 15 is 0 Å². The number of hydrogen-bond donors (Lipinski definition) is 3. The highest BCUT2D eigenvalue weighted by molar-refractivity contribution is 7.80. The molecular weight excluding hydrogens is 448 g/mol. The van der Waals surface area contributed by atoms with Gasteiger partial charge in [0.25, 0.3) is 11.8 Å². The first-order valence-corrected chi connectivity index (χ1v) is 9.84. The van der Waals surface area contributed by atoms with Crippen molar-refractivity contribution in [3.05, 3.63) is 83.1 Å². The van der Waals surface area contributed by atoms with Gasteiger partial charge in [-0.1, -0.05) is 24.3 Å². The minimum atomic E-state index is -1.18. The van der Waals surface area contributed by atoms with Crippen molar-refractivity contribution in [3.63, 3.8) is 0 Å². The molecule has 164 valence electrons. The Hall–Kier alpha value is -4.57. The van der Waals surface area contributed by atoms with Gasteiger partial charge >= 0.3 is 11.9 Å². The molecule has 1 fully saturated rings. The molecule has 0 saturated carbocycles. The summed E-state index contributed by atoms with van der Waals surface area (Å²) in [7, 11) is 0. The molecule has 0 unspecified atom stereocenters. The van der Waals surface area contributed by atoms with Crippen LogP contribution < -0.4 is 10.2 Å². The van der Waals surface area contributed by atoms with Gasteiger partial charge in [-0.2, -0.15) is 0 Å². The van der Waals surface area contributed by atoms with Crippen LogP contribution in [-0.2, 0) is 9.59 Å². The lowest BCUT2D eigenvalue weighted by atomic mass is 10.1. The molecule has 1 aromatic heterocycles. The number of anilines is 1. The molecule has 33 heavy (non-hydrogen) atoms. The van der Waals surface area contributed by atoms with Crippen molar-refractivity contribution in [2.75, 3.05) is 4.90 Å². The second kappa shape index (κ2) is 8.52. The third-order valence-corrected chi connectivity index (χ3v) is 5.07. The van der Waals surface area contributed by atoms with Gasteiger partial charge in [0.2, 0.25) is 0 Å². The SMILES string of the molecule is O=C1NC(=S)N(c2cccc(C(=O)O)c2)C(=O)C1=Cc1ccc(-c2ccccc2C(=O)O)o1. The van der Waals surface area contributed by atoms with Gasteiger partial charge in [-0.05, 0) is 54.7 Å². The molecule has 0 bridgehead atoms. The molecule has 10 heteroatoms. The number of furan rings is 1. The number of carbonyl (C=O) groups is 4. The van der Waals surface area contributed by atoms with E-state index in [1.165, 1.54) is 48.5 Å². The molecule has 9 nitrogen and oxygen atoms in total. The number of benzene rings is 2. The largest absolute Gasteiger partial charge is 0.478 e. The fourth-order valence-corrected chi connectivity index (χ4v) is 3.55. The van der Waals surface area contributed by atoms with Crippen molar-refractivity contribution >= 4 is 52.8 Å². The van der Waals surface area contributed by atoms with Crippen LogP contribution in [0.4, 0.5) is 5.69 Å². The van der Waals surface area contributed by atoms with Gasteiger partial charge in [-0.15, -0.1) is 0 Å². The summed E-state index contributed by atoms with van der Waals surface area (Å²) in [6, 6.07) is 14.8. The molecule has 0 aliphatic carbocycles. The molecule has 4 rings (SSSR count). The lowest BCUT2D eigenvalue weighted by molar-refractivity contribution is -0.122. The average molecular weight is 462 g/mol. The molecule has 2 amide bonds. The third kappa shape index (κ3) is 4.14. The number of amides is 2. The Morgan fingerprint density at radius 3 is 2.45 bits per heavy atom. The predicted molar refractivity (Wildman–Crippen MR) is 121 cm³/mol. The maximum absolute atomic E-state index is 13.1. The summed E-state index contributed by atoms with van der Waals surface area (Å²) in [6.07, 6.45) is 1.21. The summed E-state index contributed by atoms with van der Waals surface area (Å²) in [5.74, 6) is -3.45. The molecule has 0 radical (unpaired) electrons. The van der Waals surface area contributed by atoms with E-state index in [0.717, 1.165) is 4.90 Å². The number of aromatic carboxylic acids is 2. The van der Waals surface area contributed by atoms with Gasteiger partial charge in [0, 0.05) is 5.56 Å². The standard InChI is InChI=1S/C23H14N2O7S/c26-19-17(11-14-8-9-18(32-14)15-6-1-2-7-16(15)22(30)31)20(27)25(23(33)24-19)13-5-3-4-12(10-13)21(28)29/h1-11H,(H,28,29)(H,30,31)(H,24,26,33). The monoisotopic (exact) mass is 462 g/mol. The molecule has 0 spiro atoms. The number of carboxylic acids is 2. The van der Waals surface area contributed by atoms with E-state index in [9.17, 15) is 29.4 Å². The van der Waals surface area contributed by atoms with Crippen molar-refractivity contribution in [1.29, 1.82) is 0 Å². The maximum Gasteiger partial charge on any atom is 0.336 e. The van der Waals surface area contributed by atoms with Crippen LogP contribution in [0, 0.1) is 0 Å². The van der Waals surface area contributed by atoms with Crippen molar-refractivity contribution in [2.24, 2.45) is 0 Å². The highest BCUT2D eigenvalue weighted by Gasteiger charge is 2.35. The van der Waals surface area contributed by atoms with E-state index < -0.39 is 23.8 Å². The Kier molecular flexibility index (Phi) is 5.59. The highest BCUT2D eigenvalue weighted by atomic mass is 32.1. The minimum absolute atomic E-state index is 0.0346. The van der Waals surface area contributed by atoms with Crippen LogP contribution in [0.5, 0.6) is 0 Å². The molecule has 1 aliphatic heterocycles. The number of nitrogens with zero attached hydrogens (tertiary/aromatic N) is 1.